The van der Waals surface area contributed by atoms with Crippen molar-refractivity contribution in [3.8, 4) is 5.75 Å². The fraction of sp³-hybridized carbons (Fsp3) is 0.464. The van der Waals surface area contributed by atoms with Gasteiger partial charge in [0.05, 0.1) is 12.6 Å². The molecular formula is C28H33N5O8. The number of pyridine rings is 1. The number of nitrogens with zero attached hydrogens (tertiary/aromatic N) is 2. The summed E-state index contributed by atoms with van der Waals surface area (Å²) >= 11 is 0. The standard InChI is InChI=1S/C28H33N5O8/c1-27(2,3)40-25(36)30-20-13-18(29-24(35)39-14-17-7-5-4-6-8-17)11-12-28(20)16-33(26(37)41-28)21-10-9-19-23(31-21)32-22(34)15-38-19/h4-10,18,20H,11-16H2,1-3H3,(H,29,35)(H,30,36)(H,31,32,34)/t18-,20+,28+/m0/s1. The molecule has 0 unspecified atom stereocenters. The maximum Gasteiger partial charge on any atom is 0.416 e. The number of hydrogen-bond acceptors (Lipinski definition) is 9. The molecule has 2 fully saturated rings. The van der Waals surface area contributed by atoms with Crippen LogP contribution in [0.2, 0.25) is 0 Å². The Morgan fingerprint density at radius 2 is 1.90 bits per heavy atom. The van der Waals surface area contributed by atoms with E-state index in [2.05, 4.69) is 20.9 Å². The van der Waals surface area contributed by atoms with Gasteiger partial charge < -0.3 is 34.9 Å². The molecule has 41 heavy (non-hydrogen) atoms. The average Bonchev–Trinajstić information content (AvgIpc) is 3.25. The lowest BCUT2D eigenvalue weighted by Crippen LogP contribution is -2.61. The number of nitrogens with one attached hydrogen (secondary N) is 3. The Hall–Kier alpha value is -4.55. The minimum atomic E-state index is -1.11. The highest BCUT2D eigenvalue weighted by Gasteiger charge is 2.55. The van der Waals surface area contributed by atoms with Crippen LogP contribution < -0.4 is 25.6 Å². The second-order valence-electron chi connectivity index (χ2n) is 11.2. The summed E-state index contributed by atoms with van der Waals surface area (Å²) in [5, 5.41) is 8.36. The number of benzene rings is 1. The van der Waals surface area contributed by atoms with Crippen LogP contribution in [0.3, 0.4) is 0 Å². The van der Waals surface area contributed by atoms with Gasteiger partial charge in [-0.05, 0) is 57.7 Å². The first-order chi connectivity index (χ1) is 19.5. The normalized spacial score (nSPS) is 23.5. The molecule has 4 amide bonds. The van der Waals surface area contributed by atoms with Crippen LogP contribution in [0.5, 0.6) is 5.75 Å². The van der Waals surface area contributed by atoms with Gasteiger partial charge in [0.25, 0.3) is 5.91 Å². The van der Waals surface area contributed by atoms with Crippen molar-refractivity contribution in [1.82, 2.24) is 15.6 Å². The van der Waals surface area contributed by atoms with Gasteiger partial charge in [-0.25, -0.2) is 19.4 Å². The van der Waals surface area contributed by atoms with E-state index in [4.69, 9.17) is 18.9 Å². The van der Waals surface area contributed by atoms with E-state index >= 15 is 0 Å². The molecule has 3 atom stereocenters. The van der Waals surface area contributed by atoms with Gasteiger partial charge in [0.2, 0.25) is 0 Å². The van der Waals surface area contributed by atoms with E-state index in [1.807, 2.05) is 30.3 Å². The number of carbonyl (C=O) groups is 4. The van der Waals surface area contributed by atoms with Crippen molar-refractivity contribution < 1.29 is 38.1 Å². The maximum atomic E-state index is 13.1. The Morgan fingerprint density at radius 3 is 2.66 bits per heavy atom. The van der Waals surface area contributed by atoms with Crippen LogP contribution in [0.1, 0.15) is 45.6 Å². The SMILES string of the molecule is CC(C)(C)OC(=O)N[C@@H]1C[C@@H](NC(=O)OCc2ccccc2)CC[C@@]12CN(c1ccc3c(n1)NC(=O)CO3)C(=O)O2. The van der Waals surface area contributed by atoms with Crippen LogP contribution in [0.4, 0.5) is 26.0 Å². The van der Waals surface area contributed by atoms with Gasteiger partial charge in [-0.1, -0.05) is 30.3 Å². The number of rotatable bonds is 5. The second-order valence-corrected chi connectivity index (χ2v) is 11.2. The second kappa shape index (κ2) is 11.1. The minimum absolute atomic E-state index is 0.0814. The van der Waals surface area contributed by atoms with Crippen molar-refractivity contribution in [2.45, 2.75) is 69.9 Å². The van der Waals surface area contributed by atoms with Crippen molar-refractivity contribution in [3.63, 3.8) is 0 Å². The molecule has 1 aromatic heterocycles. The first-order valence-electron chi connectivity index (χ1n) is 13.4. The summed E-state index contributed by atoms with van der Waals surface area (Å²) in [6, 6.07) is 11.5. The van der Waals surface area contributed by atoms with Crippen LogP contribution in [0.25, 0.3) is 0 Å². The monoisotopic (exact) mass is 567 g/mol. The number of hydrogen-bond donors (Lipinski definition) is 3. The van der Waals surface area contributed by atoms with Crippen LogP contribution in [0, 0.1) is 0 Å². The molecule has 1 aliphatic carbocycles. The molecule has 0 bridgehead atoms. The van der Waals surface area contributed by atoms with E-state index in [1.165, 1.54) is 4.90 Å². The molecule has 3 heterocycles. The number of aromatic nitrogens is 1. The zero-order chi connectivity index (χ0) is 29.2. The number of ether oxygens (including phenoxy) is 4. The average molecular weight is 568 g/mol. The smallest absolute Gasteiger partial charge is 0.416 e. The Balaban J connectivity index is 1.30. The number of alkyl carbamates (subject to hydrolysis) is 2. The lowest BCUT2D eigenvalue weighted by molar-refractivity contribution is -0.118. The van der Waals surface area contributed by atoms with Crippen LogP contribution in [-0.4, -0.2) is 65.6 Å². The van der Waals surface area contributed by atoms with Gasteiger partial charge in [-0.15, -0.1) is 0 Å². The van der Waals surface area contributed by atoms with E-state index in [1.54, 1.807) is 32.9 Å². The summed E-state index contributed by atoms with van der Waals surface area (Å²) in [5.74, 6) is 0.512. The molecule has 2 aliphatic heterocycles. The number of fused-ring (bicyclic) bond motifs is 1. The lowest BCUT2D eigenvalue weighted by Gasteiger charge is -2.42. The molecule has 1 saturated heterocycles. The zero-order valence-corrected chi connectivity index (χ0v) is 23.1. The first kappa shape index (κ1) is 28.0. The Morgan fingerprint density at radius 1 is 1.12 bits per heavy atom. The van der Waals surface area contributed by atoms with Gasteiger partial charge in [-0.3, -0.25) is 9.69 Å². The Kier molecular flexibility index (Phi) is 7.61. The third kappa shape index (κ3) is 6.61. The highest BCUT2D eigenvalue weighted by Crippen LogP contribution is 2.40. The number of amides is 4. The molecule has 1 saturated carbocycles. The Bertz CT molecular complexity index is 1330. The quantitative estimate of drug-likeness (QED) is 0.460. The van der Waals surface area contributed by atoms with Crippen LogP contribution in [-0.2, 0) is 25.6 Å². The molecule has 0 radical (unpaired) electrons. The van der Waals surface area contributed by atoms with Gasteiger partial charge in [0, 0.05) is 6.04 Å². The van der Waals surface area contributed by atoms with Crippen molar-refractivity contribution in [2.75, 3.05) is 23.4 Å². The molecule has 3 aliphatic rings. The van der Waals surface area contributed by atoms with Crippen LogP contribution >= 0.6 is 0 Å². The first-order valence-corrected chi connectivity index (χ1v) is 13.4. The van der Waals surface area contributed by atoms with E-state index in [0.29, 0.717) is 18.6 Å². The lowest BCUT2D eigenvalue weighted by atomic mass is 9.77. The molecular weight excluding hydrogens is 534 g/mol. The highest BCUT2D eigenvalue weighted by molar-refractivity contribution is 5.95. The van der Waals surface area contributed by atoms with Gasteiger partial charge in [0.1, 0.15) is 18.0 Å². The molecule has 2 aromatic rings. The molecule has 1 aromatic carbocycles. The molecule has 1 spiro atoms. The van der Waals surface area contributed by atoms with E-state index < -0.39 is 35.5 Å². The largest absolute Gasteiger partial charge is 0.480 e. The van der Waals surface area contributed by atoms with E-state index in [-0.39, 0.29) is 49.8 Å². The molecule has 3 N–H and O–H groups in total. The molecule has 218 valence electrons. The van der Waals surface area contributed by atoms with Gasteiger partial charge >= 0.3 is 18.3 Å². The molecule has 13 nitrogen and oxygen atoms in total. The summed E-state index contributed by atoms with van der Waals surface area (Å²) < 4.78 is 22.1. The van der Waals surface area contributed by atoms with Gasteiger partial charge in [0.15, 0.2) is 23.8 Å². The molecule has 13 heteroatoms. The maximum absolute atomic E-state index is 13.1. The predicted octanol–water partition coefficient (Wildman–Crippen LogP) is 3.48. The fourth-order valence-electron chi connectivity index (χ4n) is 5.10. The predicted molar refractivity (Wildman–Crippen MR) is 145 cm³/mol. The van der Waals surface area contributed by atoms with E-state index in [0.717, 1.165) is 5.56 Å². The van der Waals surface area contributed by atoms with Crippen molar-refractivity contribution >= 4 is 35.8 Å². The molecule has 5 rings (SSSR count). The van der Waals surface area contributed by atoms with Gasteiger partial charge in [-0.2, -0.15) is 0 Å². The summed E-state index contributed by atoms with van der Waals surface area (Å²) in [4.78, 5) is 56.0. The number of anilines is 2. The summed E-state index contributed by atoms with van der Waals surface area (Å²) in [6.45, 7) is 5.33. The third-order valence-electron chi connectivity index (χ3n) is 6.97. The fourth-order valence-corrected chi connectivity index (χ4v) is 5.10. The summed E-state index contributed by atoms with van der Waals surface area (Å²) in [6.07, 6.45) is -0.832. The van der Waals surface area contributed by atoms with Crippen molar-refractivity contribution in [3.05, 3.63) is 48.0 Å². The third-order valence-corrected chi connectivity index (χ3v) is 6.97. The van der Waals surface area contributed by atoms with Crippen molar-refractivity contribution in [1.29, 1.82) is 0 Å². The van der Waals surface area contributed by atoms with Crippen molar-refractivity contribution in [2.24, 2.45) is 0 Å². The topological polar surface area (TPSA) is 157 Å². The summed E-state index contributed by atoms with van der Waals surface area (Å²) in [5.41, 5.74) is -1.00. The zero-order valence-electron chi connectivity index (χ0n) is 23.1. The Labute approximate surface area is 236 Å². The highest BCUT2D eigenvalue weighted by atomic mass is 16.6. The summed E-state index contributed by atoms with van der Waals surface area (Å²) in [7, 11) is 0. The van der Waals surface area contributed by atoms with E-state index in [9.17, 15) is 19.2 Å². The van der Waals surface area contributed by atoms with Crippen LogP contribution in [0.15, 0.2) is 42.5 Å². The number of carbonyl (C=O) groups excluding carboxylic acids is 4. The minimum Gasteiger partial charge on any atom is -0.480 e.